The third kappa shape index (κ3) is 6.94. The fraction of sp³-hybridized carbons (Fsp3) is 0.833. The van der Waals surface area contributed by atoms with Crippen LogP contribution in [0, 0.1) is 5.92 Å². The van der Waals surface area contributed by atoms with Crippen LogP contribution in [0.15, 0.2) is 18.2 Å². The van der Waals surface area contributed by atoms with Gasteiger partial charge in [-0.1, -0.05) is 32.3 Å². The average molecular weight is 655 g/mol. The predicted molar refractivity (Wildman–Crippen MR) is 187 cm³/mol. The summed E-state index contributed by atoms with van der Waals surface area (Å²) < 4.78 is 6.60. The van der Waals surface area contributed by atoms with Gasteiger partial charge >= 0.3 is 0 Å². The van der Waals surface area contributed by atoms with Gasteiger partial charge in [0.1, 0.15) is 24.5 Å². The Morgan fingerprint density at radius 2 is 1.85 bits per heavy atom. The van der Waals surface area contributed by atoms with Crippen LogP contribution in [-0.4, -0.2) is 120 Å². The Kier molecular flexibility index (Phi) is 10.4. The molecule has 4 aliphatic heterocycles. The monoisotopic (exact) mass is 654 g/mol. The molecule has 11 nitrogen and oxygen atoms in total. The molecule has 7 rings (SSSR count). The van der Waals surface area contributed by atoms with Gasteiger partial charge in [-0.25, -0.2) is 4.90 Å². The third-order valence-corrected chi connectivity index (χ3v) is 12.2. The van der Waals surface area contributed by atoms with Crippen LogP contribution in [0.1, 0.15) is 96.5 Å². The molecule has 0 aromatic heterocycles. The molecule has 0 bridgehead atoms. The molecule has 264 valence electrons. The van der Waals surface area contributed by atoms with Crippen LogP contribution in [0.2, 0.25) is 0 Å². The Morgan fingerprint density at radius 3 is 2.60 bits per heavy atom. The minimum atomic E-state index is -0.961. The Morgan fingerprint density at radius 1 is 1.04 bits per heavy atom. The van der Waals surface area contributed by atoms with Gasteiger partial charge in [0.2, 0.25) is 0 Å². The first-order chi connectivity index (χ1) is 22.7. The molecule has 0 amide bonds. The second-order valence-corrected chi connectivity index (χ2v) is 15.8. The molecule has 8 atom stereocenters. The highest BCUT2D eigenvalue weighted by molar-refractivity contribution is 5.76. The second-order valence-electron chi connectivity index (χ2n) is 15.8. The van der Waals surface area contributed by atoms with Crippen molar-refractivity contribution in [3.8, 4) is 0 Å². The number of hydrogen-bond acceptors (Lipinski definition) is 11. The van der Waals surface area contributed by atoms with E-state index in [1.807, 2.05) is 0 Å². The number of benzene rings is 1. The van der Waals surface area contributed by atoms with E-state index in [4.69, 9.17) is 10.5 Å². The van der Waals surface area contributed by atoms with E-state index in [1.54, 1.807) is 0 Å². The van der Waals surface area contributed by atoms with Crippen molar-refractivity contribution in [2.45, 2.75) is 152 Å². The van der Waals surface area contributed by atoms with Crippen molar-refractivity contribution in [2.24, 2.45) is 11.7 Å². The number of hydrogen-bond donors (Lipinski definition) is 6. The number of nitrogens with zero attached hydrogens (tertiary/aromatic N) is 4. The Bertz CT molecular complexity index is 1200. The number of ether oxygens (including phenoxy) is 1. The maximum Gasteiger partial charge on any atom is 0.142 e. The molecule has 6 aliphatic rings. The van der Waals surface area contributed by atoms with Gasteiger partial charge < -0.3 is 30.9 Å². The minimum Gasteiger partial charge on any atom is -0.387 e. The number of anilines is 2. The Labute approximate surface area is 282 Å². The number of unbranched alkanes of at least 4 members (excludes halogenated alkanes) is 3. The molecule has 0 spiro atoms. The molecule has 5 fully saturated rings. The van der Waals surface area contributed by atoms with Crippen LogP contribution < -0.4 is 26.6 Å². The zero-order chi connectivity index (χ0) is 32.8. The highest BCUT2D eigenvalue weighted by Crippen LogP contribution is 2.45. The number of aliphatic hydroxyl groups excluding tert-OH is 2. The van der Waals surface area contributed by atoms with E-state index in [0.717, 1.165) is 31.2 Å². The summed E-state index contributed by atoms with van der Waals surface area (Å²) in [5.41, 5.74) is 10.6. The molecule has 2 saturated carbocycles. The average Bonchev–Trinajstić information content (AvgIpc) is 3.64. The summed E-state index contributed by atoms with van der Waals surface area (Å²) in [6.07, 6.45) is 9.54. The molecule has 1 aromatic rings. The first-order valence-corrected chi connectivity index (χ1v) is 18.9. The van der Waals surface area contributed by atoms with E-state index >= 15 is 0 Å². The zero-order valence-corrected chi connectivity index (χ0v) is 29.2. The van der Waals surface area contributed by atoms with Crippen molar-refractivity contribution >= 4 is 11.4 Å². The van der Waals surface area contributed by atoms with Gasteiger partial charge in [-0.15, -0.1) is 0 Å². The number of aliphatic hydroxyl groups is 2. The smallest absolute Gasteiger partial charge is 0.142 e. The summed E-state index contributed by atoms with van der Waals surface area (Å²) in [6, 6.07) is 7.86. The zero-order valence-electron chi connectivity index (χ0n) is 29.2. The van der Waals surface area contributed by atoms with Gasteiger partial charge in [0, 0.05) is 32.2 Å². The van der Waals surface area contributed by atoms with Crippen molar-refractivity contribution in [1.82, 2.24) is 25.3 Å². The number of rotatable bonds is 14. The topological polar surface area (TPSA) is 125 Å². The van der Waals surface area contributed by atoms with Crippen molar-refractivity contribution in [3.63, 3.8) is 0 Å². The first-order valence-electron chi connectivity index (χ1n) is 18.9. The summed E-state index contributed by atoms with van der Waals surface area (Å²) >= 11 is 0. The molecule has 0 radical (unpaired) electrons. The molecule has 3 saturated heterocycles. The normalized spacial score (nSPS) is 37.4. The molecule has 4 unspecified atom stereocenters. The SMILES string of the molecule is CCCCCCN1CNC(N)C2NCN([C@@H]3O[C@H](CN(C(C)C)[C@H]4C[C@@H](CCC5Nc6ccc(C7CC7)cc6N5C)C4)[C@@H](O)[C@H]3O)C21. The molecule has 4 heterocycles. The van der Waals surface area contributed by atoms with Crippen LogP contribution in [0.4, 0.5) is 11.4 Å². The highest BCUT2D eigenvalue weighted by Gasteiger charge is 2.54. The molecule has 11 heteroatoms. The fourth-order valence-electron chi connectivity index (χ4n) is 9.09. The lowest BCUT2D eigenvalue weighted by Crippen LogP contribution is -2.69. The van der Waals surface area contributed by atoms with Gasteiger partial charge in [0.05, 0.1) is 49.3 Å². The highest BCUT2D eigenvalue weighted by atomic mass is 16.6. The van der Waals surface area contributed by atoms with Gasteiger partial charge in [-0.05, 0) is 88.3 Å². The molecule has 47 heavy (non-hydrogen) atoms. The summed E-state index contributed by atoms with van der Waals surface area (Å²) in [7, 11) is 2.24. The van der Waals surface area contributed by atoms with Crippen LogP contribution in [0.3, 0.4) is 0 Å². The van der Waals surface area contributed by atoms with Crippen LogP contribution in [0.25, 0.3) is 0 Å². The van der Waals surface area contributed by atoms with E-state index in [0.29, 0.717) is 38.1 Å². The quantitative estimate of drug-likeness (QED) is 0.166. The maximum absolute atomic E-state index is 11.3. The van der Waals surface area contributed by atoms with Crippen molar-refractivity contribution in [3.05, 3.63) is 23.8 Å². The molecule has 2 aliphatic carbocycles. The number of fused-ring (bicyclic) bond motifs is 2. The van der Waals surface area contributed by atoms with Gasteiger partial charge in [0.25, 0.3) is 0 Å². The van der Waals surface area contributed by atoms with E-state index in [1.165, 1.54) is 68.3 Å². The molecule has 1 aromatic carbocycles. The Hall–Kier alpha value is -1.54. The predicted octanol–water partition coefficient (Wildman–Crippen LogP) is 2.75. The number of nitrogens with one attached hydrogen (secondary N) is 3. The maximum atomic E-state index is 11.3. The van der Waals surface area contributed by atoms with Crippen LogP contribution in [-0.2, 0) is 4.74 Å². The van der Waals surface area contributed by atoms with Gasteiger partial charge in [-0.2, -0.15) is 0 Å². The van der Waals surface area contributed by atoms with Gasteiger partial charge in [-0.3, -0.25) is 20.4 Å². The Balaban J connectivity index is 0.913. The standard InChI is InChI=1S/C36H62N8O3/c1-5-6-7-8-15-42-20-39-34(37)31-35(42)44(21-38-31)36-33(46)32(45)29(47-36)19-43(22(2)3)26-16-23(17-26)9-14-30-40-27-13-12-25(24-10-11-24)18-28(27)41(30)4/h12-13,18,22-24,26,29-36,38-40,45-46H,5-11,14-17,19-21,37H2,1-4H3/t23-,26+,29-,30?,31?,32-,33-,34?,35?,36-/m1/s1. The lowest BCUT2D eigenvalue weighted by molar-refractivity contribution is -0.134. The van der Waals surface area contributed by atoms with Gasteiger partial charge in [0.15, 0.2) is 0 Å². The van der Waals surface area contributed by atoms with E-state index in [9.17, 15) is 10.2 Å². The van der Waals surface area contributed by atoms with Crippen LogP contribution >= 0.6 is 0 Å². The third-order valence-electron chi connectivity index (χ3n) is 12.2. The lowest BCUT2D eigenvalue weighted by atomic mass is 9.76. The van der Waals surface area contributed by atoms with E-state index < -0.39 is 24.5 Å². The van der Waals surface area contributed by atoms with Crippen molar-refractivity contribution in [1.29, 1.82) is 0 Å². The molecular formula is C36H62N8O3. The summed E-state index contributed by atoms with van der Waals surface area (Å²) in [4.78, 5) is 9.59. The summed E-state index contributed by atoms with van der Waals surface area (Å²) in [5.74, 6) is 1.50. The summed E-state index contributed by atoms with van der Waals surface area (Å²) in [6.45, 7) is 9.62. The number of nitrogens with two attached hydrogens (primary N) is 1. The van der Waals surface area contributed by atoms with Crippen LogP contribution in [0.5, 0.6) is 0 Å². The van der Waals surface area contributed by atoms with E-state index in [2.05, 4.69) is 81.6 Å². The van der Waals surface area contributed by atoms with E-state index in [-0.39, 0.29) is 18.4 Å². The first kappa shape index (κ1) is 33.9. The second kappa shape index (κ2) is 14.4. The molecular weight excluding hydrogens is 592 g/mol. The largest absolute Gasteiger partial charge is 0.387 e. The van der Waals surface area contributed by atoms with Crippen molar-refractivity contribution < 1.29 is 14.9 Å². The minimum absolute atomic E-state index is 0.0218. The summed E-state index contributed by atoms with van der Waals surface area (Å²) in [5, 5.41) is 33.4. The molecule has 7 N–H and O–H groups in total. The lowest BCUT2D eigenvalue weighted by Gasteiger charge is -2.46. The fourth-order valence-corrected chi connectivity index (χ4v) is 9.09. The van der Waals surface area contributed by atoms with Crippen molar-refractivity contribution in [2.75, 3.05) is 43.7 Å².